The maximum absolute atomic E-state index is 12.1. The Labute approximate surface area is 154 Å². The van der Waals surface area contributed by atoms with E-state index in [-0.39, 0.29) is 12.5 Å². The lowest BCUT2D eigenvalue weighted by atomic mass is 10.0. The van der Waals surface area contributed by atoms with Crippen molar-refractivity contribution >= 4 is 11.7 Å². The number of rotatable bonds is 7. The van der Waals surface area contributed by atoms with Gasteiger partial charge in [-0.15, -0.1) is 0 Å². The number of nitrogens with zero attached hydrogens (tertiary/aromatic N) is 4. The first kappa shape index (κ1) is 18.4. The van der Waals surface area contributed by atoms with Crippen molar-refractivity contribution in [1.82, 2.24) is 20.1 Å². The number of aromatic nitrogens is 3. The molecular weight excluding hydrogens is 330 g/mol. The van der Waals surface area contributed by atoms with Crippen LogP contribution in [-0.4, -0.2) is 51.0 Å². The molecule has 1 amide bonds. The van der Waals surface area contributed by atoms with Crippen LogP contribution in [0.3, 0.4) is 0 Å². The minimum Gasteiger partial charge on any atom is -0.386 e. The number of aryl methyl sites for hydroxylation is 3. The number of carbonyl (C=O) groups excluding carboxylic acids is 1. The first-order chi connectivity index (χ1) is 12.5. The largest absolute Gasteiger partial charge is 0.386 e. The van der Waals surface area contributed by atoms with Crippen LogP contribution in [-0.2, 0) is 11.3 Å². The monoisotopic (exact) mass is 357 g/mol. The molecule has 0 radical (unpaired) electrons. The molecule has 26 heavy (non-hydrogen) atoms. The van der Waals surface area contributed by atoms with E-state index in [1.807, 2.05) is 42.8 Å². The summed E-state index contributed by atoms with van der Waals surface area (Å²) in [5, 5.41) is 18.0. The van der Waals surface area contributed by atoms with E-state index in [1.165, 1.54) is 0 Å². The van der Waals surface area contributed by atoms with Crippen molar-refractivity contribution in [2.24, 2.45) is 0 Å². The maximum Gasteiger partial charge on any atom is 0.220 e. The van der Waals surface area contributed by atoms with E-state index in [0.717, 1.165) is 36.7 Å². The van der Waals surface area contributed by atoms with Gasteiger partial charge in [0.05, 0.1) is 5.69 Å². The SMILES string of the molecule is Cc1cc(C)n(CCCC(=O)NCC2(O)CCN(c3ccccn3)C2)n1. The highest BCUT2D eigenvalue weighted by molar-refractivity contribution is 5.75. The molecule has 2 aromatic rings. The van der Waals surface area contributed by atoms with Gasteiger partial charge in [-0.2, -0.15) is 5.10 Å². The molecule has 1 atom stereocenters. The van der Waals surface area contributed by atoms with Crippen LogP contribution < -0.4 is 10.2 Å². The number of β-amino-alcohol motifs (C(OH)–C–C–N with tert-alkyl or cyclic N) is 1. The molecule has 1 aliphatic heterocycles. The predicted octanol–water partition coefficient (Wildman–Crippen LogP) is 1.43. The van der Waals surface area contributed by atoms with Crippen LogP contribution in [0.1, 0.15) is 30.7 Å². The summed E-state index contributed by atoms with van der Waals surface area (Å²) in [6.45, 7) is 6.20. The Bertz CT molecular complexity index is 746. The Morgan fingerprint density at radius 1 is 1.38 bits per heavy atom. The number of hydrogen-bond donors (Lipinski definition) is 2. The zero-order valence-electron chi connectivity index (χ0n) is 15.5. The molecular formula is C19H27N5O2. The van der Waals surface area contributed by atoms with Crippen molar-refractivity contribution in [1.29, 1.82) is 0 Å². The zero-order chi connectivity index (χ0) is 18.6. The van der Waals surface area contributed by atoms with Crippen molar-refractivity contribution in [2.75, 3.05) is 24.5 Å². The van der Waals surface area contributed by atoms with Gasteiger partial charge in [-0.05, 0) is 44.9 Å². The molecule has 1 aliphatic rings. The van der Waals surface area contributed by atoms with Crippen molar-refractivity contribution in [3.63, 3.8) is 0 Å². The molecule has 1 saturated heterocycles. The van der Waals surface area contributed by atoms with Crippen molar-refractivity contribution in [3.8, 4) is 0 Å². The van der Waals surface area contributed by atoms with Gasteiger partial charge in [0.1, 0.15) is 11.4 Å². The van der Waals surface area contributed by atoms with Crippen LogP contribution in [0.5, 0.6) is 0 Å². The third kappa shape index (κ3) is 4.60. The highest BCUT2D eigenvalue weighted by Gasteiger charge is 2.36. The topological polar surface area (TPSA) is 83.3 Å². The molecule has 0 bridgehead atoms. The minimum atomic E-state index is -0.900. The summed E-state index contributed by atoms with van der Waals surface area (Å²) in [4.78, 5) is 18.5. The fourth-order valence-corrected chi connectivity index (χ4v) is 3.38. The van der Waals surface area contributed by atoms with Gasteiger partial charge in [0.2, 0.25) is 5.91 Å². The van der Waals surface area contributed by atoms with E-state index >= 15 is 0 Å². The van der Waals surface area contributed by atoms with E-state index < -0.39 is 5.60 Å². The van der Waals surface area contributed by atoms with Crippen LogP contribution in [0.15, 0.2) is 30.5 Å². The molecule has 0 spiro atoms. The van der Waals surface area contributed by atoms with E-state index in [2.05, 4.69) is 20.3 Å². The Hall–Kier alpha value is -2.41. The number of nitrogens with one attached hydrogen (secondary N) is 1. The lowest BCUT2D eigenvalue weighted by molar-refractivity contribution is -0.122. The molecule has 0 aliphatic carbocycles. The van der Waals surface area contributed by atoms with Gasteiger partial charge >= 0.3 is 0 Å². The van der Waals surface area contributed by atoms with Crippen LogP contribution in [0.25, 0.3) is 0 Å². The maximum atomic E-state index is 12.1. The summed E-state index contributed by atoms with van der Waals surface area (Å²) >= 11 is 0. The van der Waals surface area contributed by atoms with Crippen LogP contribution in [0.2, 0.25) is 0 Å². The summed E-state index contributed by atoms with van der Waals surface area (Å²) in [7, 11) is 0. The summed E-state index contributed by atoms with van der Waals surface area (Å²) in [5.41, 5.74) is 1.20. The summed E-state index contributed by atoms with van der Waals surface area (Å²) in [6, 6.07) is 7.77. The molecule has 1 fully saturated rings. The Morgan fingerprint density at radius 3 is 2.92 bits per heavy atom. The highest BCUT2D eigenvalue weighted by atomic mass is 16.3. The molecule has 2 aromatic heterocycles. The standard InChI is InChI=1S/C19H27N5O2/c1-15-12-16(2)24(22-15)10-5-7-18(25)21-13-19(26)8-11-23(14-19)17-6-3-4-9-20-17/h3-4,6,9,12,26H,5,7-8,10-11,13-14H2,1-2H3,(H,21,25). The first-order valence-electron chi connectivity index (χ1n) is 9.11. The number of pyridine rings is 1. The Kier molecular flexibility index (Phi) is 5.56. The number of amides is 1. The lowest BCUT2D eigenvalue weighted by Gasteiger charge is -2.24. The fourth-order valence-electron chi connectivity index (χ4n) is 3.38. The van der Waals surface area contributed by atoms with Gasteiger partial charge < -0.3 is 15.3 Å². The lowest BCUT2D eigenvalue weighted by Crippen LogP contribution is -2.45. The van der Waals surface area contributed by atoms with Gasteiger partial charge in [-0.25, -0.2) is 4.98 Å². The molecule has 0 saturated carbocycles. The quantitative estimate of drug-likeness (QED) is 0.783. The molecule has 2 N–H and O–H groups in total. The Balaban J connectivity index is 1.41. The highest BCUT2D eigenvalue weighted by Crippen LogP contribution is 2.24. The van der Waals surface area contributed by atoms with Crippen LogP contribution in [0.4, 0.5) is 5.82 Å². The van der Waals surface area contributed by atoms with E-state index in [1.54, 1.807) is 6.20 Å². The second-order valence-corrected chi connectivity index (χ2v) is 7.11. The summed E-state index contributed by atoms with van der Waals surface area (Å²) < 4.78 is 1.93. The van der Waals surface area contributed by atoms with Crippen molar-refractivity contribution in [3.05, 3.63) is 41.9 Å². The van der Waals surface area contributed by atoms with Gasteiger partial charge in [0.25, 0.3) is 0 Å². The molecule has 0 aromatic carbocycles. The van der Waals surface area contributed by atoms with Crippen LogP contribution in [0, 0.1) is 13.8 Å². The van der Waals surface area contributed by atoms with Crippen LogP contribution >= 0.6 is 0 Å². The summed E-state index contributed by atoms with van der Waals surface area (Å²) in [6.07, 6.45) is 3.53. The smallest absolute Gasteiger partial charge is 0.220 e. The molecule has 1 unspecified atom stereocenters. The van der Waals surface area contributed by atoms with E-state index in [0.29, 0.717) is 19.4 Å². The average Bonchev–Trinajstić information content (AvgIpc) is 3.17. The second kappa shape index (κ2) is 7.86. The van der Waals surface area contributed by atoms with Gasteiger partial charge in [0, 0.05) is 44.5 Å². The molecule has 7 heteroatoms. The van der Waals surface area contributed by atoms with Crippen molar-refractivity contribution < 1.29 is 9.90 Å². The third-order valence-electron chi connectivity index (χ3n) is 4.80. The molecule has 7 nitrogen and oxygen atoms in total. The van der Waals surface area contributed by atoms with Gasteiger partial charge in [-0.3, -0.25) is 9.48 Å². The normalized spacial score (nSPS) is 19.7. The average molecular weight is 357 g/mol. The van der Waals surface area contributed by atoms with Crippen molar-refractivity contribution in [2.45, 2.75) is 45.3 Å². The number of aliphatic hydroxyl groups is 1. The fraction of sp³-hybridized carbons (Fsp3) is 0.526. The third-order valence-corrected chi connectivity index (χ3v) is 4.80. The van der Waals surface area contributed by atoms with Gasteiger partial charge in [0.15, 0.2) is 0 Å². The molecule has 3 rings (SSSR count). The minimum absolute atomic E-state index is 0.0313. The molecule has 140 valence electrons. The predicted molar refractivity (Wildman–Crippen MR) is 100.0 cm³/mol. The number of carbonyl (C=O) groups is 1. The first-order valence-corrected chi connectivity index (χ1v) is 9.11. The second-order valence-electron chi connectivity index (χ2n) is 7.11. The Morgan fingerprint density at radius 2 is 2.23 bits per heavy atom. The number of anilines is 1. The molecule has 3 heterocycles. The summed E-state index contributed by atoms with van der Waals surface area (Å²) in [5.74, 6) is 0.830. The number of hydrogen-bond acceptors (Lipinski definition) is 5. The zero-order valence-corrected chi connectivity index (χ0v) is 15.5. The van der Waals surface area contributed by atoms with E-state index in [9.17, 15) is 9.90 Å². The van der Waals surface area contributed by atoms with Gasteiger partial charge in [-0.1, -0.05) is 6.07 Å². The van der Waals surface area contributed by atoms with E-state index in [4.69, 9.17) is 0 Å².